The Labute approximate surface area is 170 Å². The smallest absolute Gasteiger partial charge is 0.264 e. The minimum Gasteiger partial charge on any atom is -0.497 e. The molecule has 0 bridgehead atoms. The molecule has 5 nitrogen and oxygen atoms in total. The molecule has 0 saturated heterocycles. The third-order valence-corrected chi connectivity index (χ3v) is 11.2. The number of sulfonamides is 1. The largest absolute Gasteiger partial charge is 0.497 e. The third kappa shape index (κ3) is 5.23. The highest BCUT2D eigenvalue weighted by molar-refractivity contribution is 7.89. The Morgan fingerprint density at radius 1 is 0.964 bits per heavy atom. The van der Waals surface area contributed by atoms with Gasteiger partial charge in [0.25, 0.3) is 10.0 Å². The summed E-state index contributed by atoms with van der Waals surface area (Å²) in [5, 5.41) is -0.131. The monoisotopic (exact) mass is 421 g/mol. The molecule has 0 atom stereocenters. The van der Waals surface area contributed by atoms with Crippen molar-refractivity contribution in [1.29, 1.82) is 0 Å². The topological polar surface area (TPSA) is 55.8 Å². The number of aryl methyl sites for hydroxylation is 1. The summed E-state index contributed by atoms with van der Waals surface area (Å²) in [6, 6.07) is 14.2. The van der Waals surface area contributed by atoms with Crippen LogP contribution in [0.25, 0.3) is 0 Å². The Hall–Kier alpha value is -1.67. The first-order valence-corrected chi connectivity index (χ1v) is 13.6. The fourth-order valence-corrected chi connectivity index (χ4v) is 5.10. The Bertz CT molecular complexity index is 885. The van der Waals surface area contributed by atoms with Crippen molar-refractivity contribution in [3.63, 3.8) is 0 Å². The number of methoxy groups -OCH3 is 1. The van der Waals surface area contributed by atoms with E-state index in [2.05, 4.69) is 20.8 Å². The number of rotatable bonds is 7. The molecule has 2 aromatic carbocycles. The molecule has 0 aliphatic rings. The van der Waals surface area contributed by atoms with Crippen molar-refractivity contribution in [2.75, 3.05) is 7.11 Å². The zero-order valence-corrected chi connectivity index (χ0v) is 19.6. The number of hydroxylamine groups is 1. The highest BCUT2D eigenvalue weighted by Gasteiger charge is 2.42. The highest BCUT2D eigenvalue weighted by atomic mass is 32.2. The summed E-state index contributed by atoms with van der Waals surface area (Å²) in [4.78, 5) is 0.227. The average Bonchev–Trinajstić information content (AvgIpc) is 2.61. The van der Waals surface area contributed by atoms with Crippen molar-refractivity contribution in [2.45, 2.75) is 57.3 Å². The molecule has 0 spiro atoms. The van der Waals surface area contributed by atoms with Gasteiger partial charge < -0.3 is 9.26 Å². The van der Waals surface area contributed by atoms with Crippen LogP contribution in [-0.2, 0) is 21.1 Å². The molecule has 0 heterocycles. The van der Waals surface area contributed by atoms with Crippen LogP contribution >= 0.6 is 0 Å². The maximum Gasteiger partial charge on any atom is 0.264 e. The lowest BCUT2D eigenvalue weighted by molar-refractivity contribution is 0.0109. The van der Waals surface area contributed by atoms with E-state index in [4.69, 9.17) is 9.26 Å². The molecular weight excluding hydrogens is 390 g/mol. The molecule has 2 rings (SSSR count). The van der Waals surface area contributed by atoms with Crippen LogP contribution in [0.4, 0.5) is 0 Å². The van der Waals surface area contributed by atoms with E-state index in [0.29, 0.717) is 0 Å². The molecule has 0 N–H and O–H groups in total. The molecule has 0 aliphatic carbocycles. The van der Waals surface area contributed by atoms with E-state index in [1.165, 1.54) is 0 Å². The normalized spacial score (nSPS) is 13.0. The second-order valence-corrected chi connectivity index (χ2v) is 15.0. The molecule has 154 valence electrons. The number of ether oxygens (including phenoxy) is 1. The predicted octanol–water partition coefficient (Wildman–Crippen LogP) is 5.13. The van der Waals surface area contributed by atoms with Crippen molar-refractivity contribution in [3.05, 3.63) is 59.7 Å². The Kier molecular flexibility index (Phi) is 6.76. The number of benzene rings is 2. The van der Waals surface area contributed by atoms with Gasteiger partial charge in [-0.25, -0.2) is 8.42 Å². The van der Waals surface area contributed by atoms with Crippen molar-refractivity contribution in [2.24, 2.45) is 0 Å². The summed E-state index contributed by atoms with van der Waals surface area (Å²) in [5.74, 6) is 0.724. The van der Waals surface area contributed by atoms with Crippen LogP contribution in [-0.4, -0.2) is 28.3 Å². The minimum absolute atomic E-state index is 0.131. The lowest BCUT2D eigenvalue weighted by Gasteiger charge is -2.39. The van der Waals surface area contributed by atoms with E-state index in [1.54, 1.807) is 31.4 Å². The van der Waals surface area contributed by atoms with E-state index in [0.717, 1.165) is 21.3 Å². The standard InChI is InChI=1S/C21H31NO4SSi/c1-17-8-14-20(15-9-17)27(23,24)22(26-28(6,7)21(2,3)4)16-18-10-12-19(25-5)13-11-18/h8-15H,16H2,1-7H3. The number of nitrogens with zero attached hydrogens (tertiary/aromatic N) is 1. The first-order chi connectivity index (χ1) is 12.9. The number of hydrogen-bond acceptors (Lipinski definition) is 4. The van der Waals surface area contributed by atoms with Crippen LogP contribution in [0.5, 0.6) is 5.75 Å². The van der Waals surface area contributed by atoms with Gasteiger partial charge in [0.1, 0.15) is 5.75 Å². The first kappa shape index (κ1) is 22.6. The van der Waals surface area contributed by atoms with Gasteiger partial charge in [-0.1, -0.05) is 55.1 Å². The van der Waals surface area contributed by atoms with Crippen molar-refractivity contribution >= 4 is 18.3 Å². The van der Waals surface area contributed by atoms with Gasteiger partial charge >= 0.3 is 0 Å². The molecule has 0 amide bonds. The maximum atomic E-state index is 13.4. The van der Waals surface area contributed by atoms with Gasteiger partial charge in [-0.05, 0) is 54.9 Å². The van der Waals surface area contributed by atoms with Crippen molar-refractivity contribution < 1.29 is 17.7 Å². The zero-order chi connectivity index (χ0) is 21.2. The molecule has 0 fully saturated rings. The van der Waals surface area contributed by atoms with Crippen LogP contribution in [0.15, 0.2) is 53.4 Å². The van der Waals surface area contributed by atoms with E-state index >= 15 is 0 Å². The van der Waals surface area contributed by atoms with Gasteiger partial charge in [-0.15, -0.1) is 0 Å². The summed E-state index contributed by atoms with van der Waals surface area (Å²) in [7, 11) is -4.58. The maximum absolute atomic E-state index is 13.4. The third-order valence-electron chi connectivity index (χ3n) is 5.19. The van der Waals surface area contributed by atoms with E-state index in [1.807, 2.05) is 44.3 Å². The fraction of sp³-hybridized carbons (Fsp3) is 0.429. The second-order valence-electron chi connectivity index (χ2n) is 8.48. The highest BCUT2D eigenvalue weighted by Crippen LogP contribution is 2.38. The number of hydrogen-bond donors (Lipinski definition) is 0. The molecular formula is C21H31NO4SSi. The molecule has 0 aliphatic heterocycles. The summed E-state index contributed by atoms with van der Waals surface area (Å²) in [6.07, 6.45) is 0. The lowest BCUT2D eigenvalue weighted by Crippen LogP contribution is -2.48. The second kappa shape index (κ2) is 8.37. The van der Waals surface area contributed by atoms with Gasteiger partial charge in [0, 0.05) is 0 Å². The molecule has 2 aromatic rings. The lowest BCUT2D eigenvalue weighted by atomic mass is 10.2. The van der Waals surface area contributed by atoms with Crippen molar-refractivity contribution in [1.82, 2.24) is 4.47 Å². The van der Waals surface area contributed by atoms with Gasteiger partial charge in [-0.2, -0.15) is 0 Å². The van der Waals surface area contributed by atoms with E-state index < -0.39 is 18.3 Å². The SMILES string of the molecule is COc1ccc(CN(O[Si](C)(C)C(C)(C)C)S(=O)(=O)c2ccc(C)cc2)cc1. The van der Waals surface area contributed by atoms with Crippen LogP contribution in [0.3, 0.4) is 0 Å². The minimum atomic E-state index is -3.81. The Morgan fingerprint density at radius 3 is 1.96 bits per heavy atom. The van der Waals surface area contributed by atoms with Crippen molar-refractivity contribution in [3.8, 4) is 5.75 Å². The van der Waals surface area contributed by atoms with E-state index in [9.17, 15) is 8.42 Å². The molecule has 7 heteroatoms. The molecule has 0 saturated carbocycles. The van der Waals surface area contributed by atoms with Crippen LogP contribution in [0, 0.1) is 6.92 Å². The molecule has 0 aromatic heterocycles. The zero-order valence-electron chi connectivity index (χ0n) is 17.8. The predicted molar refractivity (Wildman–Crippen MR) is 115 cm³/mol. The van der Waals surface area contributed by atoms with Gasteiger partial charge in [0.05, 0.1) is 18.6 Å². The Morgan fingerprint density at radius 2 is 1.50 bits per heavy atom. The summed E-state index contributed by atoms with van der Waals surface area (Å²) >= 11 is 0. The Balaban J connectivity index is 2.43. The van der Waals surface area contributed by atoms with Gasteiger partial charge in [-0.3, -0.25) is 0 Å². The van der Waals surface area contributed by atoms with Crippen LogP contribution in [0.1, 0.15) is 31.9 Å². The summed E-state index contributed by atoms with van der Waals surface area (Å²) in [5.41, 5.74) is 1.83. The average molecular weight is 422 g/mol. The van der Waals surface area contributed by atoms with E-state index in [-0.39, 0.29) is 16.5 Å². The summed E-state index contributed by atoms with van der Waals surface area (Å²) < 4.78 is 39.4. The summed E-state index contributed by atoms with van der Waals surface area (Å²) in [6.45, 7) is 12.4. The van der Waals surface area contributed by atoms with Gasteiger partial charge in [0.15, 0.2) is 0 Å². The molecule has 0 unspecified atom stereocenters. The first-order valence-electron chi connectivity index (χ1n) is 9.28. The fourth-order valence-electron chi connectivity index (χ4n) is 2.27. The molecule has 28 heavy (non-hydrogen) atoms. The van der Waals surface area contributed by atoms with Gasteiger partial charge in [0.2, 0.25) is 8.32 Å². The van der Waals surface area contributed by atoms with Crippen LogP contribution in [0.2, 0.25) is 18.1 Å². The quantitative estimate of drug-likeness (QED) is 0.459. The van der Waals surface area contributed by atoms with Crippen LogP contribution < -0.4 is 4.74 Å². The molecule has 0 radical (unpaired) electrons.